The van der Waals surface area contributed by atoms with Crippen molar-refractivity contribution in [1.82, 2.24) is 0 Å². The van der Waals surface area contributed by atoms with Crippen LogP contribution in [0, 0.1) is 10.8 Å². The van der Waals surface area contributed by atoms with Gasteiger partial charge in [0.1, 0.15) is 5.60 Å². The smallest absolute Gasteiger partial charge is 0.312 e. The molecule has 82 valence electrons. The van der Waals surface area contributed by atoms with Gasteiger partial charge in [-0.3, -0.25) is 4.79 Å². The topological polar surface area (TPSA) is 57.5 Å². The molecule has 0 spiro atoms. The van der Waals surface area contributed by atoms with Crippen LogP contribution in [0.4, 0.5) is 0 Å². The van der Waals surface area contributed by atoms with Crippen molar-refractivity contribution >= 4 is 5.97 Å². The summed E-state index contributed by atoms with van der Waals surface area (Å²) in [5.74, 6) is -1.03. The van der Waals surface area contributed by atoms with Crippen molar-refractivity contribution in [3.8, 4) is 0 Å². The van der Waals surface area contributed by atoms with Gasteiger partial charge in [-0.1, -0.05) is 26.8 Å². The highest BCUT2D eigenvalue weighted by Crippen LogP contribution is 2.44. The summed E-state index contributed by atoms with van der Waals surface area (Å²) in [6.45, 7) is 11.9. The lowest BCUT2D eigenvalue weighted by Gasteiger charge is -2.46. The molecule has 0 aliphatic carbocycles. The minimum Gasteiger partial charge on any atom is -0.481 e. The fraction of sp³-hybridized carbons (Fsp3) is 0.727. The molecule has 0 saturated carbocycles. The number of hydrogen-bond acceptors (Lipinski definition) is 2. The molecule has 0 aromatic heterocycles. The standard InChI is InChI=1S/C11H20O3/c1-7-11(14,9(2,3)4)10(5,6)8(12)13/h7,14H,1H2,2-6H3,(H,12,13). The van der Waals surface area contributed by atoms with E-state index in [4.69, 9.17) is 5.11 Å². The number of carboxylic acids is 1. The number of carbonyl (C=O) groups is 1. The monoisotopic (exact) mass is 200 g/mol. The van der Waals surface area contributed by atoms with E-state index in [0.717, 1.165) is 0 Å². The Morgan fingerprint density at radius 3 is 1.64 bits per heavy atom. The first-order chi connectivity index (χ1) is 6.00. The molecule has 0 amide bonds. The summed E-state index contributed by atoms with van der Waals surface area (Å²) in [4.78, 5) is 11.1. The van der Waals surface area contributed by atoms with Gasteiger partial charge in [0.25, 0.3) is 0 Å². The molecule has 0 aliphatic rings. The van der Waals surface area contributed by atoms with Gasteiger partial charge in [-0.15, -0.1) is 6.58 Å². The molecule has 3 nitrogen and oxygen atoms in total. The van der Waals surface area contributed by atoms with Crippen LogP contribution in [-0.2, 0) is 4.79 Å². The van der Waals surface area contributed by atoms with Crippen molar-refractivity contribution in [2.24, 2.45) is 10.8 Å². The van der Waals surface area contributed by atoms with E-state index in [0.29, 0.717) is 0 Å². The summed E-state index contributed by atoms with van der Waals surface area (Å²) in [5, 5.41) is 19.4. The van der Waals surface area contributed by atoms with Crippen LogP contribution in [0.3, 0.4) is 0 Å². The van der Waals surface area contributed by atoms with E-state index in [1.165, 1.54) is 19.9 Å². The molecule has 0 radical (unpaired) electrons. The summed E-state index contributed by atoms with van der Waals surface area (Å²) in [6, 6.07) is 0. The Balaban J connectivity index is 5.48. The van der Waals surface area contributed by atoms with E-state index in [9.17, 15) is 9.90 Å². The Labute approximate surface area is 85.4 Å². The van der Waals surface area contributed by atoms with Crippen LogP contribution in [0.5, 0.6) is 0 Å². The van der Waals surface area contributed by atoms with Crippen LogP contribution >= 0.6 is 0 Å². The van der Waals surface area contributed by atoms with Gasteiger partial charge in [0.05, 0.1) is 5.41 Å². The van der Waals surface area contributed by atoms with E-state index in [1.54, 1.807) is 20.8 Å². The third-order valence-corrected chi connectivity index (χ3v) is 2.93. The fourth-order valence-corrected chi connectivity index (χ4v) is 1.66. The number of carboxylic acid groups (broad SMARTS) is 1. The van der Waals surface area contributed by atoms with Crippen molar-refractivity contribution < 1.29 is 15.0 Å². The molecule has 1 unspecified atom stereocenters. The average molecular weight is 200 g/mol. The molecule has 0 aromatic carbocycles. The third-order valence-electron chi connectivity index (χ3n) is 2.93. The molecule has 0 bridgehead atoms. The lowest BCUT2D eigenvalue weighted by Crippen LogP contribution is -2.56. The fourth-order valence-electron chi connectivity index (χ4n) is 1.66. The van der Waals surface area contributed by atoms with Gasteiger partial charge >= 0.3 is 5.97 Å². The second kappa shape index (κ2) is 3.39. The zero-order valence-corrected chi connectivity index (χ0v) is 9.59. The van der Waals surface area contributed by atoms with E-state index in [2.05, 4.69) is 6.58 Å². The van der Waals surface area contributed by atoms with E-state index in [-0.39, 0.29) is 0 Å². The molecule has 0 aliphatic heterocycles. The van der Waals surface area contributed by atoms with Gasteiger partial charge in [0.2, 0.25) is 0 Å². The molecule has 0 heterocycles. The summed E-state index contributed by atoms with van der Waals surface area (Å²) in [7, 11) is 0. The zero-order valence-electron chi connectivity index (χ0n) is 9.59. The predicted molar refractivity (Wildman–Crippen MR) is 56.0 cm³/mol. The van der Waals surface area contributed by atoms with Gasteiger partial charge < -0.3 is 10.2 Å². The lowest BCUT2D eigenvalue weighted by atomic mass is 9.62. The highest BCUT2D eigenvalue weighted by molar-refractivity contribution is 5.76. The molecule has 2 N–H and O–H groups in total. The minimum atomic E-state index is -1.44. The minimum absolute atomic E-state index is 0.573. The summed E-state index contributed by atoms with van der Waals surface area (Å²) < 4.78 is 0. The van der Waals surface area contributed by atoms with Gasteiger partial charge in [0.15, 0.2) is 0 Å². The molecule has 14 heavy (non-hydrogen) atoms. The Hall–Kier alpha value is -0.830. The maximum atomic E-state index is 11.1. The van der Waals surface area contributed by atoms with Gasteiger partial charge in [-0.05, 0) is 19.3 Å². The van der Waals surface area contributed by atoms with Crippen LogP contribution in [0.15, 0.2) is 12.7 Å². The number of rotatable bonds is 3. The van der Waals surface area contributed by atoms with Crippen molar-refractivity contribution in [3.63, 3.8) is 0 Å². The maximum Gasteiger partial charge on any atom is 0.312 e. The number of hydrogen-bond donors (Lipinski definition) is 2. The highest BCUT2D eigenvalue weighted by atomic mass is 16.4. The summed E-state index contributed by atoms with van der Waals surface area (Å²) in [6.07, 6.45) is 1.32. The quantitative estimate of drug-likeness (QED) is 0.685. The Morgan fingerprint density at radius 2 is 1.57 bits per heavy atom. The van der Waals surface area contributed by atoms with Crippen LogP contribution in [-0.4, -0.2) is 21.8 Å². The average Bonchev–Trinajstić information content (AvgIpc) is 2.00. The van der Waals surface area contributed by atoms with E-state index >= 15 is 0 Å². The molecular formula is C11H20O3. The Bertz CT molecular complexity index is 248. The molecule has 3 heteroatoms. The van der Waals surface area contributed by atoms with Crippen molar-refractivity contribution in [1.29, 1.82) is 0 Å². The maximum absolute atomic E-state index is 11.1. The molecule has 0 rings (SSSR count). The second-order valence-electron chi connectivity index (χ2n) is 5.15. The zero-order chi connectivity index (χ0) is 11.8. The third kappa shape index (κ3) is 1.69. The van der Waals surface area contributed by atoms with Crippen molar-refractivity contribution in [2.45, 2.75) is 40.2 Å². The van der Waals surface area contributed by atoms with Crippen LogP contribution < -0.4 is 0 Å². The van der Waals surface area contributed by atoms with E-state index in [1.807, 2.05) is 0 Å². The van der Waals surface area contributed by atoms with Crippen LogP contribution in [0.25, 0.3) is 0 Å². The summed E-state index contributed by atoms with van der Waals surface area (Å²) >= 11 is 0. The van der Waals surface area contributed by atoms with Crippen molar-refractivity contribution in [3.05, 3.63) is 12.7 Å². The number of aliphatic carboxylic acids is 1. The molecular weight excluding hydrogens is 180 g/mol. The van der Waals surface area contributed by atoms with Gasteiger partial charge in [-0.2, -0.15) is 0 Å². The summed E-state index contributed by atoms with van der Waals surface area (Å²) in [5.41, 5.74) is -3.27. The highest BCUT2D eigenvalue weighted by Gasteiger charge is 2.53. The van der Waals surface area contributed by atoms with Gasteiger partial charge in [-0.25, -0.2) is 0 Å². The molecule has 0 saturated heterocycles. The first kappa shape index (κ1) is 13.2. The SMILES string of the molecule is C=CC(O)(C(C)(C)C)C(C)(C)C(=O)O. The van der Waals surface area contributed by atoms with Crippen LogP contribution in [0.2, 0.25) is 0 Å². The number of aliphatic hydroxyl groups is 1. The molecule has 1 atom stereocenters. The normalized spacial score (nSPS) is 17.3. The van der Waals surface area contributed by atoms with Gasteiger partial charge in [0, 0.05) is 0 Å². The first-order valence-corrected chi connectivity index (χ1v) is 4.60. The molecule has 0 aromatic rings. The first-order valence-electron chi connectivity index (χ1n) is 4.60. The predicted octanol–water partition coefficient (Wildman–Crippen LogP) is 2.06. The Morgan fingerprint density at radius 1 is 1.21 bits per heavy atom. The largest absolute Gasteiger partial charge is 0.481 e. The lowest BCUT2D eigenvalue weighted by molar-refractivity contribution is -0.171. The molecule has 0 fully saturated rings. The second-order valence-corrected chi connectivity index (χ2v) is 5.15. The van der Waals surface area contributed by atoms with Crippen LogP contribution in [0.1, 0.15) is 34.6 Å². The van der Waals surface area contributed by atoms with E-state index < -0.39 is 22.4 Å². The van der Waals surface area contributed by atoms with Crippen molar-refractivity contribution in [2.75, 3.05) is 0 Å². The Kier molecular flexibility index (Phi) is 3.19.